The van der Waals surface area contributed by atoms with Gasteiger partial charge in [0.05, 0.1) is 6.61 Å². The van der Waals surface area contributed by atoms with E-state index in [1.54, 1.807) is 5.48 Å². The predicted molar refractivity (Wildman–Crippen MR) is 74.7 cm³/mol. The first-order chi connectivity index (χ1) is 11.2. The van der Waals surface area contributed by atoms with Crippen LogP contribution in [0.2, 0.25) is 0 Å². The molecular weight excluding hydrogens is 330 g/mol. The number of nitrogens with two attached hydrogens (primary N) is 1. The summed E-state index contributed by atoms with van der Waals surface area (Å²) in [6.45, 7) is -0.825. The molecule has 1 aliphatic rings. The lowest BCUT2D eigenvalue weighted by molar-refractivity contribution is -0.167. The van der Waals surface area contributed by atoms with Crippen LogP contribution in [0.1, 0.15) is 12.8 Å². The number of rotatable bonds is 6. The summed E-state index contributed by atoms with van der Waals surface area (Å²) in [5.74, 6) is -2.07. The second-order valence-corrected chi connectivity index (χ2v) is 5.25. The maximum Gasteiger partial charge on any atom is 0.354 e. The van der Waals surface area contributed by atoms with E-state index in [2.05, 4.69) is 4.84 Å². The molecule has 0 aromatic heterocycles. The third kappa shape index (κ3) is 4.75. The van der Waals surface area contributed by atoms with Crippen LogP contribution in [0.25, 0.3) is 0 Å². The van der Waals surface area contributed by atoms with Crippen molar-refractivity contribution in [1.82, 2.24) is 10.4 Å². The molecule has 24 heavy (non-hydrogen) atoms. The number of hydroxylamine groups is 1. The monoisotopic (exact) mass is 351 g/mol. The van der Waals surface area contributed by atoms with E-state index in [1.165, 1.54) is 0 Å². The Hall–Kier alpha value is -1.99. The number of amides is 3. The number of urea groups is 1. The Labute approximate surface area is 136 Å². The van der Waals surface area contributed by atoms with Gasteiger partial charge in [-0.15, -0.1) is 0 Å². The molecule has 1 rings (SSSR count). The molecule has 0 unspecified atom stereocenters. The van der Waals surface area contributed by atoms with Crippen molar-refractivity contribution in [2.24, 2.45) is 5.73 Å². The Morgan fingerprint density at radius 2 is 1.83 bits per heavy atom. The summed E-state index contributed by atoms with van der Waals surface area (Å²) in [4.78, 5) is 39.8. The highest BCUT2D eigenvalue weighted by molar-refractivity contribution is 5.88. The van der Waals surface area contributed by atoms with Gasteiger partial charge in [0.1, 0.15) is 24.4 Å². The van der Waals surface area contributed by atoms with Crippen molar-refractivity contribution in [2.75, 3.05) is 13.2 Å². The van der Waals surface area contributed by atoms with Gasteiger partial charge in [0.15, 0.2) is 6.10 Å². The molecule has 12 heteroatoms. The van der Waals surface area contributed by atoms with Crippen LogP contribution in [0.15, 0.2) is 0 Å². The molecule has 3 amide bonds. The molecule has 0 aromatic rings. The zero-order valence-corrected chi connectivity index (χ0v) is 12.6. The molecule has 1 heterocycles. The summed E-state index contributed by atoms with van der Waals surface area (Å²) in [7, 11) is 0. The first kappa shape index (κ1) is 20.1. The SMILES string of the molecule is NC(=O)NOC(=O)[C@@H]1CCCN1C(=O)[C@H](O)[C@@H](O)[C@H](O)[C@H](O)CO. The first-order valence-corrected chi connectivity index (χ1v) is 7.10. The van der Waals surface area contributed by atoms with E-state index in [9.17, 15) is 34.8 Å². The molecule has 0 bridgehead atoms. The van der Waals surface area contributed by atoms with Crippen LogP contribution in [-0.4, -0.2) is 91.9 Å². The van der Waals surface area contributed by atoms with Crippen molar-refractivity contribution in [2.45, 2.75) is 43.3 Å². The summed E-state index contributed by atoms with van der Waals surface area (Å²) >= 11 is 0. The van der Waals surface area contributed by atoms with Gasteiger partial charge in [-0.25, -0.2) is 9.59 Å². The minimum Gasteiger partial charge on any atom is -0.394 e. The molecule has 0 aromatic carbocycles. The minimum atomic E-state index is -2.14. The van der Waals surface area contributed by atoms with Gasteiger partial charge in [-0.3, -0.25) is 4.79 Å². The van der Waals surface area contributed by atoms with Gasteiger partial charge in [0.2, 0.25) is 0 Å². The number of primary amides is 1. The highest BCUT2D eigenvalue weighted by atomic mass is 16.7. The van der Waals surface area contributed by atoms with Gasteiger partial charge in [0.25, 0.3) is 5.91 Å². The van der Waals surface area contributed by atoms with Crippen LogP contribution < -0.4 is 11.2 Å². The second-order valence-electron chi connectivity index (χ2n) is 5.25. The van der Waals surface area contributed by atoms with Crippen LogP contribution in [0.3, 0.4) is 0 Å². The summed E-state index contributed by atoms with van der Waals surface area (Å²) in [6.07, 6.45) is -7.37. The molecule has 1 aliphatic heterocycles. The molecule has 0 aliphatic carbocycles. The molecule has 138 valence electrons. The molecular formula is C12H21N3O9. The average Bonchev–Trinajstić information content (AvgIpc) is 3.05. The van der Waals surface area contributed by atoms with Gasteiger partial charge in [0, 0.05) is 6.54 Å². The second kappa shape index (κ2) is 8.75. The topological polar surface area (TPSA) is 203 Å². The van der Waals surface area contributed by atoms with E-state index in [0.717, 1.165) is 4.90 Å². The largest absolute Gasteiger partial charge is 0.394 e. The Balaban J connectivity index is 2.73. The molecule has 12 nitrogen and oxygen atoms in total. The third-order valence-electron chi connectivity index (χ3n) is 3.57. The number of carbonyl (C=O) groups excluding carboxylic acids is 3. The molecule has 5 atom stereocenters. The fraction of sp³-hybridized carbons (Fsp3) is 0.750. The Kier molecular flexibility index (Phi) is 7.31. The maximum atomic E-state index is 12.2. The zero-order chi connectivity index (χ0) is 18.4. The number of aliphatic hydroxyl groups excluding tert-OH is 5. The van der Waals surface area contributed by atoms with Gasteiger partial charge >= 0.3 is 12.0 Å². The minimum absolute atomic E-state index is 0.0671. The zero-order valence-electron chi connectivity index (χ0n) is 12.6. The Morgan fingerprint density at radius 1 is 1.21 bits per heavy atom. The summed E-state index contributed by atoms with van der Waals surface area (Å²) in [5, 5.41) is 47.0. The lowest BCUT2D eigenvalue weighted by atomic mass is 10.0. The third-order valence-corrected chi connectivity index (χ3v) is 3.57. The van der Waals surface area contributed by atoms with Crippen molar-refractivity contribution in [1.29, 1.82) is 0 Å². The van der Waals surface area contributed by atoms with Crippen molar-refractivity contribution < 1.29 is 44.8 Å². The smallest absolute Gasteiger partial charge is 0.354 e. The fourth-order valence-electron chi connectivity index (χ4n) is 2.28. The van der Waals surface area contributed by atoms with E-state index in [4.69, 9.17) is 10.8 Å². The standard InChI is InChI=1S/C12H21N3O9/c13-12(23)14-24-11(22)5-2-1-3-15(5)10(21)9(20)8(19)7(18)6(17)4-16/h5-9,16-20H,1-4H2,(H3,13,14,23)/t5-,6+,7+,8-,9+/m0/s1. The van der Waals surface area contributed by atoms with Crippen LogP contribution in [0.5, 0.6) is 0 Å². The van der Waals surface area contributed by atoms with E-state index in [-0.39, 0.29) is 13.0 Å². The van der Waals surface area contributed by atoms with E-state index in [0.29, 0.717) is 6.42 Å². The number of hydrogen-bond acceptors (Lipinski definition) is 9. The van der Waals surface area contributed by atoms with Crippen LogP contribution >= 0.6 is 0 Å². The first-order valence-electron chi connectivity index (χ1n) is 7.10. The summed E-state index contributed by atoms with van der Waals surface area (Å²) in [6, 6.07) is -2.23. The lowest BCUT2D eigenvalue weighted by Gasteiger charge is -2.29. The van der Waals surface area contributed by atoms with Gasteiger partial charge < -0.3 is 41.0 Å². The van der Waals surface area contributed by atoms with Crippen LogP contribution in [0, 0.1) is 0 Å². The van der Waals surface area contributed by atoms with Crippen molar-refractivity contribution >= 4 is 17.9 Å². The van der Waals surface area contributed by atoms with Crippen molar-refractivity contribution in [3.63, 3.8) is 0 Å². The number of hydrogen-bond donors (Lipinski definition) is 7. The van der Waals surface area contributed by atoms with Crippen LogP contribution in [-0.2, 0) is 14.4 Å². The fourth-order valence-corrected chi connectivity index (χ4v) is 2.28. The van der Waals surface area contributed by atoms with Crippen LogP contribution in [0.4, 0.5) is 4.79 Å². The van der Waals surface area contributed by atoms with Gasteiger partial charge in [-0.1, -0.05) is 0 Å². The molecule has 0 spiro atoms. The molecule has 8 N–H and O–H groups in total. The van der Waals surface area contributed by atoms with Gasteiger partial charge in [-0.05, 0) is 12.8 Å². The maximum absolute atomic E-state index is 12.2. The summed E-state index contributed by atoms with van der Waals surface area (Å²) < 4.78 is 0. The Bertz CT molecular complexity index is 475. The van der Waals surface area contributed by atoms with Crippen molar-refractivity contribution in [3.8, 4) is 0 Å². The number of aliphatic hydroxyl groups is 5. The normalized spacial score (nSPS) is 22.4. The average molecular weight is 351 g/mol. The van der Waals surface area contributed by atoms with E-state index >= 15 is 0 Å². The highest BCUT2D eigenvalue weighted by Gasteiger charge is 2.42. The number of nitrogens with zero attached hydrogens (tertiary/aromatic N) is 1. The van der Waals surface area contributed by atoms with Gasteiger partial charge in [-0.2, -0.15) is 5.48 Å². The molecule has 1 saturated heterocycles. The number of carbonyl (C=O) groups is 3. The molecule has 0 radical (unpaired) electrons. The summed E-state index contributed by atoms with van der Waals surface area (Å²) in [5.41, 5.74) is 6.36. The highest BCUT2D eigenvalue weighted by Crippen LogP contribution is 2.20. The van der Waals surface area contributed by atoms with Crippen molar-refractivity contribution in [3.05, 3.63) is 0 Å². The van der Waals surface area contributed by atoms with E-state index in [1.807, 2.05) is 0 Å². The number of nitrogens with one attached hydrogen (secondary N) is 1. The predicted octanol–water partition coefficient (Wildman–Crippen LogP) is -4.46. The molecule has 0 saturated carbocycles. The lowest BCUT2D eigenvalue weighted by Crippen LogP contribution is -2.55. The number of likely N-dealkylation sites (tertiary alicyclic amines) is 1. The Morgan fingerprint density at radius 3 is 2.38 bits per heavy atom. The molecule has 1 fully saturated rings. The quantitative estimate of drug-likeness (QED) is 0.230. The van der Waals surface area contributed by atoms with E-state index < -0.39 is 55.0 Å².